The van der Waals surface area contributed by atoms with Gasteiger partial charge in [0.1, 0.15) is 16.5 Å². The molecule has 1 aromatic carbocycles. The smallest absolute Gasteiger partial charge is 0.331 e. The Kier molecular flexibility index (Phi) is 4.89. The number of thioether (sulfide) groups is 1. The van der Waals surface area contributed by atoms with Crippen LogP contribution in [-0.4, -0.2) is 43.6 Å². The third-order valence-electron chi connectivity index (χ3n) is 2.85. The van der Waals surface area contributed by atoms with E-state index in [1.54, 1.807) is 27.2 Å². The van der Waals surface area contributed by atoms with Gasteiger partial charge >= 0.3 is 5.97 Å². The minimum Gasteiger partial charge on any atom is -0.497 e. The molecule has 0 unspecified atom stereocenters. The molecule has 2 rings (SSSR count). The van der Waals surface area contributed by atoms with Crippen LogP contribution in [0.3, 0.4) is 0 Å². The predicted octanol–water partition coefficient (Wildman–Crippen LogP) is 2.13. The van der Waals surface area contributed by atoms with Crippen molar-refractivity contribution in [3.05, 3.63) is 23.8 Å². The Morgan fingerprint density at radius 3 is 2.85 bits per heavy atom. The maximum atomic E-state index is 11.7. The molecule has 108 valence electrons. The van der Waals surface area contributed by atoms with Crippen LogP contribution in [-0.2, 0) is 9.53 Å². The van der Waals surface area contributed by atoms with E-state index in [1.807, 2.05) is 12.1 Å². The number of benzene rings is 1. The SMILES string of the molecule is CCOC(=O)[C@@H]1CSC(c2ccc(OC)cc2OC)=N1. The van der Waals surface area contributed by atoms with E-state index in [-0.39, 0.29) is 5.97 Å². The number of carbonyl (C=O) groups excluding carboxylic acids is 1. The molecule has 1 aromatic rings. The Labute approximate surface area is 122 Å². The van der Waals surface area contributed by atoms with Gasteiger partial charge in [0, 0.05) is 17.4 Å². The minimum absolute atomic E-state index is 0.275. The molecule has 1 atom stereocenters. The zero-order chi connectivity index (χ0) is 14.5. The molecule has 0 fully saturated rings. The van der Waals surface area contributed by atoms with E-state index in [0.717, 1.165) is 16.4 Å². The number of rotatable bonds is 5. The van der Waals surface area contributed by atoms with E-state index in [1.165, 1.54) is 11.8 Å². The Morgan fingerprint density at radius 1 is 1.40 bits per heavy atom. The second kappa shape index (κ2) is 6.65. The fourth-order valence-corrected chi connectivity index (χ4v) is 2.91. The summed E-state index contributed by atoms with van der Waals surface area (Å²) in [5.41, 5.74) is 0.866. The Hall–Kier alpha value is -1.69. The molecule has 0 radical (unpaired) electrons. The van der Waals surface area contributed by atoms with Gasteiger partial charge in [0.25, 0.3) is 0 Å². The first-order valence-electron chi connectivity index (χ1n) is 6.29. The molecule has 0 spiro atoms. The summed E-state index contributed by atoms with van der Waals surface area (Å²) in [4.78, 5) is 16.1. The summed E-state index contributed by atoms with van der Waals surface area (Å²) in [6.45, 7) is 2.16. The van der Waals surface area contributed by atoms with Gasteiger partial charge in [-0.3, -0.25) is 4.99 Å². The fourth-order valence-electron chi connectivity index (χ4n) is 1.86. The highest BCUT2D eigenvalue weighted by Gasteiger charge is 2.28. The lowest BCUT2D eigenvalue weighted by atomic mass is 10.2. The van der Waals surface area contributed by atoms with Gasteiger partial charge in [-0.2, -0.15) is 0 Å². The van der Waals surface area contributed by atoms with Crippen molar-refractivity contribution in [1.29, 1.82) is 0 Å². The van der Waals surface area contributed by atoms with Gasteiger partial charge in [0.2, 0.25) is 0 Å². The fraction of sp³-hybridized carbons (Fsp3) is 0.429. The lowest BCUT2D eigenvalue weighted by Crippen LogP contribution is -2.21. The number of esters is 1. The summed E-state index contributed by atoms with van der Waals surface area (Å²) in [5.74, 6) is 1.72. The molecule has 20 heavy (non-hydrogen) atoms. The molecule has 0 bridgehead atoms. The molecule has 0 amide bonds. The molecule has 1 heterocycles. The number of aliphatic imine (C=N–C) groups is 1. The first kappa shape index (κ1) is 14.7. The van der Waals surface area contributed by atoms with Crippen LogP contribution in [0, 0.1) is 0 Å². The maximum absolute atomic E-state index is 11.7. The molecular formula is C14H17NO4S. The molecule has 6 heteroatoms. The zero-order valence-corrected chi connectivity index (χ0v) is 12.5. The first-order chi connectivity index (χ1) is 9.69. The molecule has 1 aliphatic rings. The zero-order valence-electron chi connectivity index (χ0n) is 11.7. The topological polar surface area (TPSA) is 57.1 Å². The summed E-state index contributed by atoms with van der Waals surface area (Å²) < 4.78 is 15.5. The van der Waals surface area contributed by atoms with Gasteiger partial charge < -0.3 is 14.2 Å². The van der Waals surface area contributed by atoms with Crippen LogP contribution in [0.25, 0.3) is 0 Å². The highest BCUT2D eigenvalue weighted by Crippen LogP contribution is 2.32. The van der Waals surface area contributed by atoms with E-state index in [4.69, 9.17) is 14.2 Å². The van der Waals surface area contributed by atoms with Crippen molar-refractivity contribution in [2.24, 2.45) is 4.99 Å². The third-order valence-corrected chi connectivity index (χ3v) is 3.93. The van der Waals surface area contributed by atoms with E-state index in [2.05, 4.69) is 4.99 Å². The molecular weight excluding hydrogens is 278 g/mol. The van der Waals surface area contributed by atoms with E-state index in [0.29, 0.717) is 18.1 Å². The first-order valence-corrected chi connectivity index (χ1v) is 7.27. The van der Waals surface area contributed by atoms with Crippen LogP contribution in [0.5, 0.6) is 11.5 Å². The molecule has 0 saturated carbocycles. The number of methoxy groups -OCH3 is 2. The van der Waals surface area contributed by atoms with Gasteiger partial charge in [-0.1, -0.05) is 0 Å². The largest absolute Gasteiger partial charge is 0.497 e. The maximum Gasteiger partial charge on any atom is 0.331 e. The molecule has 0 aromatic heterocycles. The van der Waals surface area contributed by atoms with Crippen molar-refractivity contribution in [2.75, 3.05) is 26.6 Å². The molecule has 5 nitrogen and oxygen atoms in total. The second-order valence-corrected chi connectivity index (χ2v) is 5.09. The summed E-state index contributed by atoms with van der Waals surface area (Å²) in [6, 6.07) is 5.10. The lowest BCUT2D eigenvalue weighted by molar-refractivity contribution is -0.143. The van der Waals surface area contributed by atoms with Crippen molar-refractivity contribution in [2.45, 2.75) is 13.0 Å². The predicted molar refractivity (Wildman–Crippen MR) is 79.0 cm³/mol. The number of hydrogen-bond donors (Lipinski definition) is 0. The Balaban J connectivity index is 2.24. The van der Waals surface area contributed by atoms with E-state index < -0.39 is 6.04 Å². The number of ether oxygens (including phenoxy) is 3. The van der Waals surface area contributed by atoms with E-state index in [9.17, 15) is 4.79 Å². The summed E-state index contributed by atoms with van der Waals surface area (Å²) in [6.07, 6.45) is 0. The monoisotopic (exact) mass is 295 g/mol. The van der Waals surface area contributed by atoms with Gasteiger partial charge in [0.05, 0.1) is 20.8 Å². The van der Waals surface area contributed by atoms with Crippen molar-refractivity contribution in [3.63, 3.8) is 0 Å². The Bertz CT molecular complexity index is 530. The van der Waals surface area contributed by atoms with Crippen molar-refractivity contribution in [3.8, 4) is 11.5 Å². The Morgan fingerprint density at radius 2 is 2.20 bits per heavy atom. The van der Waals surface area contributed by atoms with E-state index >= 15 is 0 Å². The van der Waals surface area contributed by atoms with Crippen LogP contribution in [0.2, 0.25) is 0 Å². The van der Waals surface area contributed by atoms with Gasteiger partial charge in [-0.05, 0) is 19.1 Å². The highest BCUT2D eigenvalue weighted by atomic mass is 32.2. The summed E-state index contributed by atoms with van der Waals surface area (Å²) in [7, 11) is 3.20. The van der Waals surface area contributed by atoms with Gasteiger partial charge in [-0.15, -0.1) is 11.8 Å². The summed E-state index contributed by atoms with van der Waals surface area (Å²) >= 11 is 1.53. The number of nitrogens with zero attached hydrogens (tertiary/aromatic N) is 1. The number of carbonyl (C=O) groups is 1. The minimum atomic E-state index is -0.429. The second-order valence-electron chi connectivity index (χ2n) is 4.08. The molecule has 0 saturated heterocycles. The van der Waals surface area contributed by atoms with Crippen LogP contribution in [0.1, 0.15) is 12.5 Å². The van der Waals surface area contributed by atoms with Crippen LogP contribution in [0.15, 0.2) is 23.2 Å². The van der Waals surface area contributed by atoms with Gasteiger partial charge in [0.15, 0.2) is 6.04 Å². The van der Waals surface area contributed by atoms with Crippen molar-refractivity contribution >= 4 is 22.8 Å². The molecule has 0 N–H and O–H groups in total. The van der Waals surface area contributed by atoms with Crippen LogP contribution < -0.4 is 9.47 Å². The molecule has 1 aliphatic heterocycles. The van der Waals surface area contributed by atoms with Gasteiger partial charge in [-0.25, -0.2) is 4.79 Å². The third kappa shape index (κ3) is 3.07. The van der Waals surface area contributed by atoms with Crippen LogP contribution >= 0.6 is 11.8 Å². The normalized spacial score (nSPS) is 17.6. The van der Waals surface area contributed by atoms with Crippen molar-refractivity contribution in [1.82, 2.24) is 0 Å². The molecule has 0 aliphatic carbocycles. The van der Waals surface area contributed by atoms with Crippen molar-refractivity contribution < 1.29 is 19.0 Å². The lowest BCUT2D eigenvalue weighted by Gasteiger charge is -2.09. The standard InChI is InChI=1S/C14H17NO4S/c1-4-19-14(16)11-8-20-13(15-11)10-6-5-9(17-2)7-12(10)18-3/h5-7,11H,4,8H2,1-3H3/t11-/m0/s1. The quantitative estimate of drug-likeness (QED) is 0.779. The average Bonchev–Trinajstić information content (AvgIpc) is 2.96. The number of hydrogen-bond acceptors (Lipinski definition) is 6. The summed E-state index contributed by atoms with van der Waals surface area (Å²) in [5, 5.41) is 0.794. The average molecular weight is 295 g/mol. The highest BCUT2D eigenvalue weighted by molar-refractivity contribution is 8.14. The van der Waals surface area contributed by atoms with Crippen LogP contribution in [0.4, 0.5) is 0 Å².